The minimum absolute atomic E-state index is 0.131. The lowest BCUT2D eigenvalue weighted by Crippen LogP contribution is -2.48. The van der Waals surface area contributed by atoms with E-state index < -0.39 is 6.09 Å². The molecule has 2 unspecified atom stereocenters. The van der Waals surface area contributed by atoms with Crippen LogP contribution in [0.5, 0.6) is 0 Å². The van der Waals surface area contributed by atoms with Crippen molar-refractivity contribution in [3.63, 3.8) is 0 Å². The first kappa shape index (κ1) is 6.91. The molecule has 0 aromatic rings. The van der Waals surface area contributed by atoms with E-state index >= 15 is 0 Å². The number of carboxylic acid groups (broad SMARTS) is 1. The van der Waals surface area contributed by atoms with E-state index in [1.54, 1.807) is 4.90 Å². The minimum atomic E-state index is -0.791. The Morgan fingerprint density at radius 2 is 1.91 bits per heavy atom. The highest BCUT2D eigenvalue weighted by Crippen LogP contribution is 2.28. The van der Waals surface area contributed by atoms with Crippen molar-refractivity contribution in [1.29, 1.82) is 0 Å². The van der Waals surface area contributed by atoms with Crippen molar-refractivity contribution < 1.29 is 14.6 Å². The summed E-state index contributed by atoms with van der Waals surface area (Å²) in [5.74, 6) is 0. The molecule has 2 heterocycles. The van der Waals surface area contributed by atoms with Crippen molar-refractivity contribution >= 4 is 6.09 Å². The van der Waals surface area contributed by atoms with Gasteiger partial charge in [0.1, 0.15) is 0 Å². The predicted molar refractivity (Wildman–Crippen MR) is 37.5 cm³/mol. The molecule has 0 radical (unpaired) electrons. The van der Waals surface area contributed by atoms with Gasteiger partial charge in [-0.1, -0.05) is 0 Å². The maximum atomic E-state index is 10.7. The van der Waals surface area contributed by atoms with Gasteiger partial charge in [-0.25, -0.2) is 4.79 Å². The van der Waals surface area contributed by atoms with E-state index in [1.807, 2.05) is 0 Å². The molecule has 62 valence electrons. The highest BCUT2D eigenvalue weighted by atomic mass is 16.5. The maximum absolute atomic E-state index is 10.7. The van der Waals surface area contributed by atoms with Crippen molar-refractivity contribution in [3.8, 4) is 0 Å². The van der Waals surface area contributed by atoms with Gasteiger partial charge in [0.15, 0.2) is 0 Å². The Labute approximate surface area is 64.7 Å². The SMILES string of the molecule is O=C(O)N1C2CCC1COC2. The molecule has 11 heavy (non-hydrogen) atoms. The molecule has 2 bridgehead atoms. The molecule has 0 aliphatic carbocycles. The Kier molecular flexibility index (Phi) is 1.49. The molecule has 1 N–H and O–H groups in total. The van der Waals surface area contributed by atoms with Crippen LogP contribution in [0.15, 0.2) is 0 Å². The Morgan fingerprint density at radius 1 is 1.36 bits per heavy atom. The Balaban J connectivity index is 2.15. The van der Waals surface area contributed by atoms with Crippen LogP contribution in [0.3, 0.4) is 0 Å². The molecule has 0 aromatic heterocycles. The van der Waals surface area contributed by atoms with Crippen molar-refractivity contribution in [1.82, 2.24) is 4.90 Å². The number of ether oxygens (including phenoxy) is 1. The molecule has 2 atom stereocenters. The summed E-state index contributed by atoms with van der Waals surface area (Å²) in [6.45, 7) is 1.17. The average molecular weight is 157 g/mol. The number of carbonyl (C=O) groups is 1. The van der Waals surface area contributed by atoms with Crippen LogP contribution < -0.4 is 0 Å². The lowest BCUT2D eigenvalue weighted by molar-refractivity contribution is -0.00597. The summed E-state index contributed by atoms with van der Waals surface area (Å²) in [6.07, 6.45) is 1.15. The normalized spacial score (nSPS) is 35.8. The molecule has 1 amide bonds. The zero-order valence-electron chi connectivity index (χ0n) is 6.19. The molecule has 0 saturated carbocycles. The molecular weight excluding hydrogens is 146 g/mol. The number of morpholine rings is 1. The molecule has 2 rings (SSSR count). The Hall–Kier alpha value is -0.770. The summed E-state index contributed by atoms with van der Waals surface area (Å²) < 4.78 is 5.23. The van der Waals surface area contributed by atoms with E-state index in [9.17, 15) is 4.79 Å². The summed E-state index contributed by atoms with van der Waals surface area (Å²) in [5.41, 5.74) is 0. The number of hydrogen-bond acceptors (Lipinski definition) is 2. The standard InChI is InChI=1S/C7H11NO3/c9-7(10)8-5-1-2-6(8)4-11-3-5/h5-6H,1-4H2,(H,9,10). The molecule has 2 saturated heterocycles. The van der Waals surface area contributed by atoms with Crippen molar-refractivity contribution in [2.45, 2.75) is 24.9 Å². The van der Waals surface area contributed by atoms with Gasteiger partial charge in [0.05, 0.1) is 25.3 Å². The smallest absolute Gasteiger partial charge is 0.407 e. The molecule has 4 heteroatoms. The third-order valence-electron chi connectivity index (χ3n) is 2.46. The fraction of sp³-hybridized carbons (Fsp3) is 0.857. The number of hydrogen-bond donors (Lipinski definition) is 1. The second-order valence-electron chi connectivity index (χ2n) is 3.11. The van der Waals surface area contributed by atoms with Gasteiger partial charge in [0.2, 0.25) is 0 Å². The summed E-state index contributed by atoms with van der Waals surface area (Å²) in [7, 11) is 0. The van der Waals surface area contributed by atoms with Gasteiger partial charge >= 0.3 is 6.09 Å². The predicted octanol–water partition coefficient (Wildman–Crippen LogP) is 0.528. The highest BCUT2D eigenvalue weighted by molar-refractivity contribution is 5.66. The van der Waals surface area contributed by atoms with Gasteiger partial charge in [0.25, 0.3) is 0 Å². The second kappa shape index (κ2) is 2.37. The van der Waals surface area contributed by atoms with Gasteiger partial charge in [-0.3, -0.25) is 4.90 Å². The summed E-state index contributed by atoms with van der Waals surface area (Å²) in [4.78, 5) is 12.2. The molecule has 0 spiro atoms. The zero-order valence-corrected chi connectivity index (χ0v) is 6.19. The average Bonchev–Trinajstić information content (AvgIpc) is 2.23. The number of amides is 1. The maximum Gasteiger partial charge on any atom is 0.407 e. The Bertz CT molecular complexity index is 167. The Morgan fingerprint density at radius 3 is 2.27 bits per heavy atom. The zero-order chi connectivity index (χ0) is 7.84. The van der Waals surface area contributed by atoms with E-state index in [1.165, 1.54) is 0 Å². The highest BCUT2D eigenvalue weighted by Gasteiger charge is 2.40. The molecule has 4 nitrogen and oxygen atoms in total. The largest absolute Gasteiger partial charge is 0.465 e. The fourth-order valence-corrected chi connectivity index (χ4v) is 1.94. The summed E-state index contributed by atoms with van der Waals surface area (Å²) in [6, 6.07) is 0.262. The van der Waals surface area contributed by atoms with Gasteiger partial charge < -0.3 is 9.84 Å². The first-order valence-corrected chi connectivity index (χ1v) is 3.88. The van der Waals surface area contributed by atoms with Crippen LogP contribution in [0.4, 0.5) is 4.79 Å². The van der Waals surface area contributed by atoms with Crippen molar-refractivity contribution in [3.05, 3.63) is 0 Å². The summed E-state index contributed by atoms with van der Waals surface area (Å²) in [5, 5.41) is 8.79. The van der Waals surface area contributed by atoms with E-state index in [-0.39, 0.29) is 12.1 Å². The number of nitrogens with zero attached hydrogens (tertiary/aromatic N) is 1. The third kappa shape index (κ3) is 0.976. The molecule has 2 fully saturated rings. The molecule has 2 aliphatic rings. The van der Waals surface area contributed by atoms with Gasteiger partial charge in [-0.15, -0.1) is 0 Å². The summed E-state index contributed by atoms with van der Waals surface area (Å²) >= 11 is 0. The molecular formula is C7H11NO3. The topological polar surface area (TPSA) is 49.8 Å². The van der Waals surface area contributed by atoms with E-state index in [0.29, 0.717) is 13.2 Å². The van der Waals surface area contributed by atoms with Crippen LogP contribution in [0, 0.1) is 0 Å². The molecule has 0 aromatic carbocycles. The van der Waals surface area contributed by atoms with Crippen LogP contribution in [-0.2, 0) is 4.74 Å². The monoisotopic (exact) mass is 157 g/mol. The second-order valence-corrected chi connectivity index (χ2v) is 3.11. The first-order chi connectivity index (χ1) is 5.29. The van der Waals surface area contributed by atoms with Crippen LogP contribution in [0.25, 0.3) is 0 Å². The van der Waals surface area contributed by atoms with Gasteiger partial charge in [-0.2, -0.15) is 0 Å². The van der Waals surface area contributed by atoms with Crippen LogP contribution in [0.1, 0.15) is 12.8 Å². The number of fused-ring (bicyclic) bond motifs is 2. The third-order valence-corrected chi connectivity index (χ3v) is 2.46. The minimum Gasteiger partial charge on any atom is -0.465 e. The van der Waals surface area contributed by atoms with Gasteiger partial charge in [-0.05, 0) is 12.8 Å². The quantitative estimate of drug-likeness (QED) is 0.558. The lowest BCUT2D eigenvalue weighted by atomic mass is 10.2. The van der Waals surface area contributed by atoms with E-state index in [2.05, 4.69) is 0 Å². The van der Waals surface area contributed by atoms with Crippen molar-refractivity contribution in [2.75, 3.05) is 13.2 Å². The van der Waals surface area contributed by atoms with Gasteiger partial charge in [0, 0.05) is 0 Å². The first-order valence-electron chi connectivity index (χ1n) is 3.88. The lowest BCUT2D eigenvalue weighted by Gasteiger charge is -2.31. The molecule has 2 aliphatic heterocycles. The number of rotatable bonds is 0. The van der Waals surface area contributed by atoms with Crippen LogP contribution in [0.2, 0.25) is 0 Å². The fourth-order valence-electron chi connectivity index (χ4n) is 1.94. The van der Waals surface area contributed by atoms with Crippen LogP contribution >= 0.6 is 0 Å². The van der Waals surface area contributed by atoms with E-state index in [4.69, 9.17) is 9.84 Å². The van der Waals surface area contributed by atoms with Crippen molar-refractivity contribution in [2.24, 2.45) is 0 Å². The van der Waals surface area contributed by atoms with Crippen LogP contribution in [-0.4, -0.2) is 41.4 Å². The van der Waals surface area contributed by atoms with E-state index in [0.717, 1.165) is 12.8 Å².